The lowest BCUT2D eigenvalue weighted by Crippen LogP contribution is -2.30. The highest BCUT2D eigenvalue weighted by molar-refractivity contribution is 5.66. The standard InChI is InChI=1S/C15H20N2O4/c1-3-17(9-8-14(18)19)12(10-16)11-6-5-7-13(15(11)20)21-4-2/h5-7,12,20H,3-4,8-9H2,1-2H3,(H,18,19). The van der Waals surface area contributed by atoms with Crippen molar-refractivity contribution in [3.8, 4) is 17.6 Å². The molecular weight excluding hydrogens is 272 g/mol. The Morgan fingerprint density at radius 2 is 2.19 bits per heavy atom. The average molecular weight is 292 g/mol. The Balaban J connectivity index is 3.05. The zero-order chi connectivity index (χ0) is 15.8. The molecule has 0 aliphatic rings. The van der Waals surface area contributed by atoms with Crippen molar-refractivity contribution in [3.05, 3.63) is 23.8 Å². The number of hydrogen-bond acceptors (Lipinski definition) is 5. The fraction of sp³-hybridized carbons (Fsp3) is 0.467. The van der Waals surface area contributed by atoms with Crippen LogP contribution in [0.2, 0.25) is 0 Å². The van der Waals surface area contributed by atoms with E-state index in [1.54, 1.807) is 30.0 Å². The van der Waals surface area contributed by atoms with Gasteiger partial charge in [-0.15, -0.1) is 0 Å². The molecular formula is C15H20N2O4. The highest BCUT2D eigenvalue weighted by atomic mass is 16.5. The van der Waals surface area contributed by atoms with Crippen molar-refractivity contribution in [2.75, 3.05) is 19.7 Å². The number of benzene rings is 1. The van der Waals surface area contributed by atoms with Gasteiger partial charge in [-0.1, -0.05) is 19.1 Å². The molecule has 6 heteroatoms. The van der Waals surface area contributed by atoms with Crippen LogP contribution in [-0.4, -0.2) is 40.8 Å². The summed E-state index contributed by atoms with van der Waals surface area (Å²) in [6, 6.07) is 6.39. The number of nitriles is 1. The Labute approximate surface area is 124 Å². The Hall–Kier alpha value is -2.26. The molecule has 0 aromatic heterocycles. The van der Waals surface area contributed by atoms with Crippen molar-refractivity contribution in [1.82, 2.24) is 4.90 Å². The Morgan fingerprint density at radius 3 is 2.71 bits per heavy atom. The third-order valence-electron chi connectivity index (χ3n) is 3.13. The van der Waals surface area contributed by atoms with E-state index in [9.17, 15) is 15.2 Å². The second-order valence-electron chi connectivity index (χ2n) is 4.43. The van der Waals surface area contributed by atoms with Crippen molar-refractivity contribution in [3.63, 3.8) is 0 Å². The van der Waals surface area contributed by atoms with Crippen LogP contribution in [0, 0.1) is 11.3 Å². The fourth-order valence-electron chi connectivity index (χ4n) is 2.09. The summed E-state index contributed by atoms with van der Waals surface area (Å²) in [6.07, 6.45) is -0.0576. The topological polar surface area (TPSA) is 93.8 Å². The predicted molar refractivity (Wildman–Crippen MR) is 77.1 cm³/mol. The van der Waals surface area contributed by atoms with Crippen LogP contribution in [0.15, 0.2) is 18.2 Å². The van der Waals surface area contributed by atoms with Gasteiger partial charge in [-0.25, -0.2) is 0 Å². The lowest BCUT2D eigenvalue weighted by molar-refractivity contribution is -0.137. The highest BCUT2D eigenvalue weighted by Crippen LogP contribution is 2.35. The first kappa shape index (κ1) is 16.8. The van der Waals surface area contributed by atoms with Crippen molar-refractivity contribution >= 4 is 5.97 Å². The maximum atomic E-state index is 10.7. The van der Waals surface area contributed by atoms with Gasteiger partial charge in [0, 0.05) is 12.1 Å². The summed E-state index contributed by atoms with van der Waals surface area (Å²) in [5, 5.41) is 28.4. The van der Waals surface area contributed by atoms with Crippen molar-refractivity contribution in [1.29, 1.82) is 5.26 Å². The van der Waals surface area contributed by atoms with E-state index in [1.165, 1.54) is 0 Å². The van der Waals surface area contributed by atoms with E-state index < -0.39 is 12.0 Å². The molecule has 1 rings (SSSR count). The van der Waals surface area contributed by atoms with Gasteiger partial charge in [-0.2, -0.15) is 5.26 Å². The second kappa shape index (κ2) is 8.12. The molecule has 0 aliphatic carbocycles. The van der Waals surface area contributed by atoms with Gasteiger partial charge in [0.25, 0.3) is 0 Å². The minimum absolute atomic E-state index is 0.0576. The number of nitrogens with zero attached hydrogens (tertiary/aromatic N) is 2. The van der Waals surface area contributed by atoms with E-state index in [1.807, 2.05) is 6.92 Å². The van der Waals surface area contributed by atoms with Crippen LogP contribution in [0.1, 0.15) is 31.9 Å². The third-order valence-corrected chi connectivity index (χ3v) is 3.13. The molecule has 114 valence electrons. The number of aliphatic carboxylic acids is 1. The molecule has 1 aromatic carbocycles. The first-order valence-corrected chi connectivity index (χ1v) is 6.85. The number of carboxylic acid groups (broad SMARTS) is 1. The number of carboxylic acids is 1. The fourth-order valence-corrected chi connectivity index (χ4v) is 2.09. The maximum Gasteiger partial charge on any atom is 0.304 e. The van der Waals surface area contributed by atoms with Gasteiger partial charge in [0.1, 0.15) is 6.04 Å². The van der Waals surface area contributed by atoms with Crippen molar-refractivity contribution in [2.45, 2.75) is 26.3 Å². The summed E-state index contributed by atoms with van der Waals surface area (Å²) in [7, 11) is 0. The zero-order valence-electron chi connectivity index (χ0n) is 12.2. The Morgan fingerprint density at radius 1 is 1.48 bits per heavy atom. The van der Waals surface area contributed by atoms with Gasteiger partial charge in [0.05, 0.1) is 19.1 Å². The molecule has 0 heterocycles. The average Bonchev–Trinajstić information content (AvgIpc) is 2.46. The number of phenolic OH excluding ortho intramolecular Hbond substituents is 1. The summed E-state index contributed by atoms with van der Waals surface area (Å²) < 4.78 is 5.31. The van der Waals surface area contributed by atoms with Gasteiger partial charge in [0.15, 0.2) is 11.5 Å². The van der Waals surface area contributed by atoms with Crippen LogP contribution in [0.4, 0.5) is 0 Å². The quantitative estimate of drug-likeness (QED) is 0.762. The molecule has 0 fully saturated rings. The predicted octanol–water partition coefficient (Wildman–Crippen LogP) is 2.15. The SMILES string of the molecule is CCOc1cccc(C(C#N)N(CC)CCC(=O)O)c1O. The van der Waals surface area contributed by atoms with Crippen LogP contribution in [0.25, 0.3) is 0 Å². The van der Waals surface area contributed by atoms with E-state index in [0.717, 1.165) is 0 Å². The van der Waals surface area contributed by atoms with Crippen LogP contribution < -0.4 is 4.74 Å². The molecule has 0 spiro atoms. The lowest BCUT2D eigenvalue weighted by atomic mass is 10.0. The Bertz CT molecular complexity index is 525. The highest BCUT2D eigenvalue weighted by Gasteiger charge is 2.23. The molecule has 0 saturated heterocycles. The number of para-hydroxylation sites is 1. The number of carbonyl (C=O) groups is 1. The van der Waals surface area contributed by atoms with E-state index in [2.05, 4.69) is 6.07 Å². The summed E-state index contributed by atoms with van der Waals surface area (Å²) >= 11 is 0. The molecule has 2 N–H and O–H groups in total. The van der Waals surface area contributed by atoms with E-state index in [4.69, 9.17) is 9.84 Å². The van der Waals surface area contributed by atoms with E-state index in [-0.39, 0.29) is 18.7 Å². The number of aromatic hydroxyl groups is 1. The third kappa shape index (κ3) is 4.36. The largest absolute Gasteiger partial charge is 0.504 e. The number of phenols is 1. The van der Waals surface area contributed by atoms with Crippen molar-refractivity contribution in [2.24, 2.45) is 0 Å². The van der Waals surface area contributed by atoms with Crippen LogP contribution in [0.5, 0.6) is 11.5 Å². The minimum atomic E-state index is -0.919. The first-order valence-electron chi connectivity index (χ1n) is 6.85. The zero-order valence-corrected chi connectivity index (χ0v) is 12.2. The molecule has 0 radical (unpaired) electrons. The lowest BCUT2D eigenvalue weighted by Gasteiger charge is -2.26. The first-order chi connectivity index (χ1) is 10.0. The normalized spacial score (nSPS) is 11.9. The van der Waals surface area contributed by atoms with Crippen LogP contribution >= 0.6 is 0 Å². The summed E-state index contributed by atoms with van der Waals surface area (Å²) in [4.78, 5) is 12.4. The monoisotopic (exact) mass is 292 g/mol. The molecule has 21 heavy (non-hydrogen) atoms. The van der Waals surface area contributed by atoms with E-state index in [0.29, 0.717) is 24.5 Å². The number of hydrogen-bond donors (Lipinski definition) is 2. The summed E-state index contributed by atoms with van der Waals surface area (Å²) in [6.45, 7) is 4.80. The molecule has 6 nitrogen and oxygen atoms in total. The van der Waals surface area contributed by atoms with Gasteiger partial charge >= 0.3 is 5.97 Å². The summed E-state index contributed by atoms with van der Waals surface area (Å²) in [5.41, 5.74) is 0.427. The smallest absolute Gasteiger partial charge is 0.304 e. The second-order valence-corrected chi connectivity index (χ2v) is 4.43. The minimum Gasteiger partial charge on any atom is -0.504 e. The van der Waals surface area contributed by atoms with Gasteiger partial charge in [0.2, 0.25) is 0 Å². The molecule has 1 unspecified atom stereocenters. The molecule has 0 aliphatic heterocycles. The number of ether oxygens (including phenoxy) is 1. The molecule has 1 atom stereocenters. The van der Waals surface area contributed by atoms with Crippen LogP contribution in [-0.2, 0) is 4.79 Å². The van der Waals surface area contributed by atoms with Crippen LogP contribution in [0.3, 0.4) is 0 Å². The molecule has 0 bridgehead atoms. The Kier molecular flexibility index (Phi) is 6.50. The molecule has 0 amide bonds. The number of rotatable bonds is 8. The van der Waals surface area contributed by atoms with Gasteiger partial charge in [-0.05, 0) is 19.5 Å². The van der Waals surface area contributed by atoms with Gasteiger partial charge in [-0.3, -0.25) is 9.69 Å². The molecule has 0 saturated carbocycles. The maximum absolute atomic E-state index is 10.7. The van der Waals surface area contributed by atoms with E-state index >= 15 is 0 Å². The summed E-state index contributed by atoms with van der Waals surface area (Å²) in [5.74, 6) is -0.665. The van der Waals surface area contributed by atoms with Gasteiger partial charge < -0.3 is 14.9 Å². The molecule has 1 aromatic rings. The van der Waals surface area contributed by atoms with Crippen molar-refractivity contribution < 1.29 is 19.7 Å².